The number of hydrogen-bond donors (Lipinski definition) is 1. The minimum Gasteiger partial charge on any atom is -0.497 e. The molecular formula is C15H18F3NO3. The molecule has 122 valence electrons. The van der Waals surface area contributed by atoms with E-state index in [2.05, 4.69) is 0 Å². The third kappa shape index (κ3) is 3.35. The maximum absolute atomic E-state index is 12.6. The largest absolute Gasteiger partial charge is 0.497 e. The molecule has 1 aromatic carbocycles. The molecule has 1 fully saturated rings. The number of aliphatic hydroxyl groups is 1. The molecule has 1 amide bonds. The highest BCUT2D eigenvalue weighted by Gasteiger charge is 2.48. The molecule has 3 atom stereocenters. The van der Waals surface area contributed by atoms with Crippen LogP contribution in [0.25, 0.3) is 0 Å². The molecule has 1 saturated heterocycles. The van der Waals surface area contributed by atoms with E-state index in [1.807, 2.05) is 0 Å². The summed E-state index contributed by atoms with van der Waals surface area (Å²) in [6.45, 7) is 1.65. The van der Waals surface area contributed by atoms with Crippen molar-refractivity contribution >= 4 is 5.91 Å². The molecular weight excluding hydrogens is 299 g/mol. The van der Waals surface area contributed by atoms with E-state index in [1.54, 1.807) is 31.2 Å². The van der Waals surface area contributed by atoms with Crippen molar-refractivity contribution in [1.29, 1.82) is 0 Å². The van der Waals surface area contributed by atoms with Crippen LogP contribution in [0, 0.1) is 5.92 Å². The number of likely N-dealkylation sites (tertiary alicyclic amines) is 1. The van der Waals surface area contributed by atoms with E-state index in [1.165, 1.54) is 12.0 Å². The Morgan fingerprint density at radius 2 is 1.91 bits per heavy atom. The maximum Gasteiger partial charge on any atom is 0.414 e. The van der Waals surface area contributed by atoms with Crippen LogP contribution >= 0.6 is 0 Å². The van der Waals surface area contributed by atoms with Crippen LogP contribution < -0.4 is 4.74 Å². The average Bonchev–Trinajstić information content (AvgIpc) is 2.86. The molecule has 1 N–H and O–H groups in total. The van der Waals surface area contributed by atoms with Crippen molar-refractivity contribution in [1.82, 2.24) is 4.90 Å². The number of rotatable bonds is 4. The van der Waals surface area contributed by atoms with Crippen molar-refractivity contribution < 1.29 is 27.8 Å². The second-order valence-corrected chi connectivity index (χ2v) is 5.45. The van der Waals surface area contributed by atoms with Crippen LogP contribution in [0.4, 0.5) is 13.2 Å². The standard InChI is InChI=1S/C15H18F3NO3/c1-9(10-3-5-12(22-2)6-4-10)19-8-11(7-13(19)20)14(21)15(16,17)18/h3-6,9,11,14,21H,7-8H2,1-2H3. The fourth-order valence-electron chi connectivity index (χ4n) is 2.68. The number of methoxy groups -OCH3 is 1. The first kappa shape index (κ1) is 16.6. The summed E-state index contributed by atoms with van der Waals surface area (Å²) in [6.07, 6.45) is -7.46. The molecule has 0 spiro atoms. The number of benzene rings is 1. The third-order valence-electron chi connectivity index (χ3n) is 4.04. The first-order chi connectivity index (χ1) is 10.2. The molecule has 0 saturated carbocycles. The number of nitrogens with zero attached hydrogens (tertiary/aromatic N) is 1. The van der Waals surface area contributed by atoms with Crippen molar-refractivity contribution in [2.75, 3.05) is 13.7 Å². The zero-order valence-corrected chi connectivity index (χ0v) is 12.3. The normalized spacial score (nSPS) is 21.8. The van der Waals surface area contributed by atoms with E-state index >= 15 is 0 Å². The Kier molecular flexibility index (Phi) is 4.65. The number of amides is 1. The Morgan fingerprint density at radius 1 is 1.32 bits per heavy atom. The lowest BCUT2D eigenvalue weighted by atomic mass is 10.0. The Balaban J connectivity index is 2.10. The average molecular weight is 317 g/mol. The van der Waals surface area contributed by atoms with Crippen LogP contribution in [0.15, 0.2) is 24.3 Å². The topological polar surface area (TPSA) is 49.8 Å². The number of ether oxygens (including phenoxy) is 1. The molecule has 1 aromatic rings. The van der Waals surface area contributed by atoms with Gasteiger partial charge in [0.2, 0.25) is 5.91 Å². The third-order valence-corrected chi connectivity index (χ3v) is 4.04. The Morgan fingerprint density at radius 3 is 2.41 bits per heavy atom. The highest BCUT2D eigenvalue weighted by atomic mass is 19.4. The van der Waals surface area contributed by atoms with Gasteiger partial charge < -0.3 is 14.7 Å². The molecule has 0 bridgehead atoms. The molecule has 0 radical (unpaired) electrons. The lowest BCUT2D eigenvalue weighted by Crippen LogP contribution is -2.37. The Hall–Kier alpha value is -1.76. The molecule has 22 heavy (non-hydrogen) atoms. The quantitative estimate of drug-likeness (QED) is 0.928. The van der Waals surface area contributed by atoms with Crippen LogP contribution in [-0.2, 0) is 4.79 Å². The number of aliphatic hydroxyl groups excluding tert-OH is 1. The molecule has 2 rings (SSSR count). The predicted octanol–water partition coefficient (Wildman–Crippen LogP) is 2.53. The molecule has 1 aliphatic rings. The minimum absolute atomic E-state index is 0.104. The highest BCUT2D eigenvalue weighted by Crippen LogP contribution is 2.35. The monoisotopic (exact) mass is 317 g/mol. The van der Waals surface area contributed by atoms with Crippen LogP contribution in [0.1, 0.15) is 24.9 Å². The van der Waals surface area contributed by atoms with E-state index in [4.69, 9.17) is 4.74 Å². The van der Waals surface area contributed by atoms with Crippen molar-refractivity contribution in [3.8, 4) is 5.75 Å². The summed E-state index contributed by atoms with van der Waals surface area (Å²) in [5.41, 5.74) is 0.802. The number of halogens is 3. The minimum atomic E-state index is -4.70. The molecule has 7 heteroatoms. The molecule has 1 aliphatic heterocycles. The lowest BCUT2D eigenvalue weighted by Gasteiger charge is -2.26. The smallest absolute Gasteiger partial charge is 0.414 e. The molecule has 1 heterocycles. The van der Waals surface area contributed by atoms with Crippen LogP contribution in [0.5, 0.6) is 5.75 Å². The lowest BCUT2D eigenvalue weighted by molar-refractivity contribution is -0.218. The van der Waals surface area contributed by atoms with Gasteiger partial charge in [0.05, 0.1) is 13.2 Å². The van der Waals surface area contributed by atoms with Gasteiger partial charge in [-0.05, 0) is 24.6 Å². The fourth-order valence-corrected chi connectivity index (χ4v) is 2.68. The molecule has 4 nitrogen and oxygen atoms in total. The SMILES string of the molecule is COc1ccc(C(C)N2CC(C(O)C(F)(F)F)CC2=O)cc1. The maximum atomic E-state index is 12.6. The second-order valence-electron chi connectivity index (χ2n) is 5.45. The summed E-state index contributed by atoms with van der Waals surface area (Å²) in [7, 11) is 1.53. The van der Waals surface area contributed by atoms with Gasteiger partial charge in [-0.3, -0.25) is 4.79 Å². The number of carbonyl (C=O) groups is 1. The molecule has 0 aromatic heterocycles. The zero-order valence-electron chi connectivity index (χ0n) is 12.3. The summed E-state index contributed by atoms with van der Waals surface area (Å²) in [4.78, 5) is 13.4. The zero-order chi connectivity index (χ0) is 16.5. The van der Waals surface area contributed by atoms with Crippen molar-refractivity contribution in [3.63, 3.8) is 0 Å². The summed E-state index contributed by atoms with van der Waals surface area (Å²) in [5.74, 6) is -0.834. The number of alkyl halides is 3. The first-order valence-corrected chi connectivity index (χ1v) is 6.92. The van der Waals surface area contributed by atoms with Gasteiger partial charge in [-0.2, -0.15) is 13.2 Å². The van der Waals surface area contributed by atoms with Gasteiger partial charge in [0.1, 0.15) is 5.75 Å². The fraction of sp³-hybridized carbons (Fsp3) is 0.533. The summed E-state index contributed by atoms with van der Waals surface area (Å²) in [5, 5.41) is 9.32. The summed E-state index contributed by atoms with van der Waals surface area (Å²) in [6, 6.07) is 6.64. The van der Waals surface area contributed by atoms with Crippen molar-refractivity contribution in [2.45, 2.75) is 31.7 Å². The first-order valence-electron chi connectivity index (χ1n) is 6.92. The van der Waals surface area contributed by atoms with E-state index in [0.717, 1.165) is 5.56 Å². The molecule has 0 aliphatic carbocycles. The van der Waals surface area contributed by atoms with Gasteiger partial charge in [0, 0.05) is 18.9 Å². The van der Waals surface area contributed by atoms with Gasteiger partial charge in [-0.1, -0.05) is 12.1 Å². The second kappa shape index (κ2) is 6.16. The van der Waals surface area contributed by atoms with Crippen molar-refractivity contribution in [3.05, 3.63) is 29.8 Å². The van der Waals surface area contributed by atoms with Gasteiger partial charge in [0.15, 0.2) is 6.10 Å². The van der Waals surface area contributed by atoms with Crippen LogP contribution in [0.2, 0.25) is 0 Å². The van der Waals surface area contributed by atoms with Crippen LogP contribution in [-0.4, -0.2) is 41.8 Å². The van der Waals surface area contributed by atoms with Gasteiger partial charge in [-0.25, -0.2) is 0 Å². The van der Waals surface area contributed by atoms with E-state index in [9.17, 15) is 23.1 Å². The van der Waals surface area contributed by atoms with Gasteiger partial charge in [-0.15, -0.1) is 0 Å². The van der Waals surface area contributed by atoms with Crippen molar-refractivity contribution in [2.24, 2.45) is 5.92 Å². The number of hydrogen-bond acceptors (Lipinski definition) is 3. The van der Waals surface area contributed by atoms with E-state index < -0.39 is 18.2 Å². The Bertz CT molecular complexity index is 530. The Labute approximate surface area is 126 Å². The van der Waals surface area contributed by atoms with E-state index in [-0.39, 0.29) is 24.9 Å². The number of carbonyl (C=O) groups excluding carboxylic acids is 1. The van der Waals surface area contributed by atoms with Gasteiger partial charge >= 0.3 is 6.18 Å². The molecule has 3 unspecified atom stereocenters. The van der Waals surface area contributed by atoms with Crippen LogP contribution in [0.3, 0.4) is 0 Å². The highest BCUT2D eigenvalue weighted by molar-refractivity contribution is 5.79. The predicted molar refractivity (Wildman–Crippen MR) is 73.3 cm³/mol. The van der Waals surface area contributed by atoms with E-state index in [0.29, 0.717) is 5.75 Å². The van der Waals surface area contributed by atoms with Gasteiger partial charge in [0.25, 0.3) is 0 Å². The summed E-state index contributed by atoms with van der Waals surface area (Å²) >= 11 is 0. The summed E-state index contributed by atoms with van der Waals surface area (Å²) < 4.78 is 42.7.